The summed E-state index contributed by atoms with van der Waals surface area (Å²) in [5.74, 6) is -1.96. The predicted octanol–water partition coefficient (Wildman–Crippen LogP) is 6.80. The van der Waals surface area contributed by atoms with Crippen molar-refractivity contribution in [3.8, 4) is 23.0 Å². The summed E-state index contributed by atoms with van der Waals surface area (Å²) < 4.78 is 42.9. The minimum Gasteiger partial charge on any atom is -0.492 e. The van der Waals surface area contributed by atoms with Gasteiger partial charge in [-0.1, -0.05) is 44.0 Å². The molecular weight excluding hydrogens is 587 g/mol. The van der Waals surface area contributed by atoms with Crippen LogP contribution in [0.3, 0.4) is 0 Å². The van der Waals surface area contributed by atoms with E-state index in [0.29, 0.717) is 0 Å². The van der Waals surface area contributed by atoms with E-state index < -0.39 is 22.6 Å². The Morgan fingerprint density at radius 3 is 1.96 bits per heavy atom. The number of benzene rings is 3. The molecule has 3 aromatic rings. The predicted molar refractivity (Wildman–Crippen MR) is 168 cm³/mol. The molecule has 1 N–H and O–H groups in total. The SMILES string of the molecule is C=CCOC(=O)c1ccc(NC(=O)c2ccc(/C=C(\F)c3ccc([N+](=O)[O-])cc3)c(OC)c2OCC=C)c(OC)c1OCC=C. The van der Waals surface area contributed by atoms with Crippen LogP contribution in [0.4, 0.5) is 15.8 Å². The van der Waals surface area contributed by atoms with Crippen molar-refractivity contribution in [2.24, 2.45) is 0 Å². The first-order chi connectivity index (χ1) is 21.7. The molecule has 45 heavy (non-hydrogen) atoms. The molecule has 0 aromatic heterocycles. The van der Waals surface area contributed by atoms with E-state index in [1.54, 1.807) is 0 Å². The zero-order valence-electron chi connectivity index (χ0n) is 24.7. The molecule has 0 aliphatic heterocycles. The number of anilines is 1. The molecule has 0 saturated heterocycles. The summed E-state index contributed by atoms with van der Waals surface area (Å²) in [6.45, 7) is 10.8. The maximum absolute atomic E-state index is 15.2. The molecule has 1 amide bonds. The summed E-state index contributed by atoms with van der Waals surface area (Å²) in [6, 6.07) is 10.6. The largest absolute Gasteiger partial charge is 0.492 e. The van der Waals surface area contributed by atoms with Gasteiger partial charge in [-0.3, -0.25) is 14.9 Å². The average Bonchev–Trinajstić information content (AvgIpc) is 3.04. The lowest BCUT2D eigenvalue weighted by molar-refractivity contribution is -0.384. The summed E-state index contributed by atoms with van der Waals surface area (Å²) in [6.07, 6.45) is 5.50. The second kappa shape index (κ2) is 16.1. The number of hydrogen-bond donors (Lipinski definition) is 1. The zero-order chi connectivity index (χ0) is 32.9. The standard InChI is InChI=1S/C33H31FN2O9/c1-6-17-43-29-24(14-11-22(28(29)41-4)20-26(34)21-9-12-23(13-10-21)36(39)40)32(37)35-27-16-15-25(33(38)45-19-8-3)30(31(27)42-5)44-18-7-2/h6-16,20H,1-3,17-19H2,4-5H3,(H,35,37)/b26-20-. The van der Waals surface area contributed by atoms with Crippen molar-refractivity contribution in [3.63, 3.8) is 0 Å². The van der Waals surface area contributed by atoms with E-state index in [1.165, 1.54) is 81.0 Å². The smallest absolute Gasteiger partial charge is 0.342 e. The summed E-state index contributed by atoms with van der Waals surface area (Å²) in [7, 11) is 2.67. The normalized spacial score (nSPS) is 10.7. The van der Waals surface area contributed by atoms with E-state index in [2.05, 4.69) is 25.1 Å². The number of nitrogens with one attached hydrogen (secondary N) is 1. The van der Waals surface area contributed by atoms with Gasteiger partial charge in [-0.15, -0.1) is 0 Å². The van der Waals surface area contributed by atoms with Crippen LogP contribution in [-0.4, -0.2) is 50.8 Å². The highest BCUT2D eigenvalue weighted by Crippen LogP contribution is 2.41. The molecule has 0 fully saturated rings. The van der Waals surface area contributed by atoms with Crippen LogP contribution in [0.25, 0.3) is 11.9 Å². The van der Waals surface area contributed by atoms with Crippen LogP contribution in [0, 0.1) is 10.1 Å². The second-order valence-corrected chi connectivity index (χ2v) is 8.92. The third-order valence-electron chi connectivity index (χ3n) is 6.04. The number of carbonyl (C=O) groups excluding carboxylic acids is 2. The molecule has 0 radical (unpaired) electrons. The van der Waals surface area contributed by atoms with Gasteiger partial charge in [-0.05, 0) is 36.4 Å². The number of nitrogens with zero attached hydrogens (tertiary/aromatic N) is 1. The average molecular weight is 619 g/mol. The lowest BCUT2D eigenvalue weighted by Gasteiger charge is -2.19. The Morgan fingerprint density at radius 2 is 1.40 bits per heavy atom. The van der Waals surface area contributed by atoms with E-state index in [-0.39, 0.29) is 76.4 Å². The molecule has 0 bridgehead atoms. The number of nitro benzene ring substituents is 1. The van der Waals surface area contributed by atoms with Crippen LogP contribution in [0.15, 0.2) is 86.5 Å². The number of hydrogen-bond acceptors (Lipinski definition) is 9. The second-order valence-electron chi connectivity index (χ2n) is 8.92. The fourth-order valence-electron chi connectivity index (χ4n) is 4.04. The Bertz CT molecular complexity index is 1630. The van der Waals surface area contributed by atoms with Gasteiger partial charge in [0.25, 0.3) is 11.6 Å². The maximum atomic E-state index is 15.2. The van der Waals surface area contributed by atoms with Gasteiger partial charge >= 0.3 is 5.97 Å². The summed E-state index contributed by atoms with van der Waals surface area (Å²) >= 11 is 0. The topological polar surface area (TPSA) is 135 Å². The number of halogens is 1. The fraction of sp³-hybridized carbons (Fsp3) is 0.152. The van der Waals surface area contributed by atoms with Gasteiger partial charge in [0.1, 0.15) is 31.2 Å². The molecule has 0 saturated carbocycles. The molecule has 3 rings (SSSR count). The van der Waals surface area contributed by atoms with Gasteiger partial charge in [0.05, 0.1) is 30.4 Å². The zero-order valence-corrected chi connectivity index (χ0v) is 24.7. The third-order valence-corrected chi connectivity index (χ3v) is 6.04. The molecule has 12 heteroatoms. The molecular formula is C33H31FN2O9. The molecule has 0 spiro atoms. The van der Waals surface area contributed by atoms with Crippen LogP contribution in [0.2, 0.25) is 0 Å². The van der Waals surface area contributed by atoms with Gasteiger partial charge < -0.3 is 29.0 Å². The van der Waals surface area contributed by atoms with Crippen molar-refractivity contribution < 1.29 is 42.6 Å². The van der Waals surface area contributed by atoms with Gasteiger partial charge in [0.2, 0.25) is 0 Å². The summed E-state index contributed by atoms with van der Waals surface area (Å²) in [5.41, 5.74) is 0.366. The highest BCUT2D eigenvalue weighted by molar-refractivity contribution is 6.08. The van der Waals surface area contributed by atoms with E-state index in [0.717, 1.165) is 6.08 Å². The fourth-order valence-corrected chi connectivity index (χ4v) is 4.04. The maximum Gasteiger partial charge on any atom is 0.342 e. The molecule has 0 aliphatic rings. The molecule has 3 aromatic carbocycles. The molecule has 0 atom stereocenters. The minimum atomic E-state index is -0.710. The van der Waals surface area contributed by atoms with Crippen molar-refractivity contribution in [3.05, 3.63) is 119 Å². The van der Waals surface area contributed by atoms with E-state index in [4.69, 9.17) is 23.7 Å². The summed E-state index contributed by atoms with van der Waals surface area (Å²) in [4.78, 5) is 36.6. The number of non-ortho nitro benzene ring substituents is 1. The number of amides is 1. The van der Waals surface area contributed by atoms with E-state index in [9.17, 15) is 19.7 Å². The number of rotatable bonds is 16. The highest BCUT2D eigenvalue weighted by Gasteiger charge is 2.25. The number of carbonyl (C=O) groups is 2. The number of esters is 1. The lowest BCUT2D eigenvalue weighted by Crippen LogP contribution is -2.16. The van der Waals surface area contributed by atoms with Crippen molar-refractivity contribution >= 4 is 35.2 Å². The third kappa shape index (κ3) is 8.14. The van der Waals surface area contributed by atoms with Crippen LogP contribution >= 0.6 is 0 Å². The Hall–Kier alpha value is -5.91. The first kappa shape index (κ1) is 33.6. The van der Waals surface area contributed by atoms with Crippen LogP contribution in [0.5, 0.6) is 23.0 Å². The first-order valence-electron chi connectivity index (χ1n) is 13.3. The minimum absolute atomic E-state index is 0.00753. The van der Waals surface area contributed by atoms with E-state index >= 15 is 4.39 Å². The highest BCUT2D eigenvalue weighted by atomic mass is 19.1. The first-order valence-corrected chi connectivity index (χ1v) is 13.3. The Labute approximate surface area is 259 Å². The van der Waals surface area contributed by atoms with Gasteiger partial charge in [0.15, 0.2) is 23.0 Å². The van der Waals surface area contributed by atoms with Crippen LogP contribution in [0.1, 0.15) is 31.8 Å². The Kier molecular flexibility index (Phi) is 12.0. The quantitative estimate of drug-likeness (QED) is 0.0604. The molecule has 0 unspecified atom stereocenters. The monoisotopic (exact) mass is 618 g/mol. The Morgan fingerprint density at radius 1 is 0.822 bits per heavy atom. The van der Waals surface area contributed by atoms with Crippen molar-refractivity contribution in [2.45, 2.75) is 0 Å². The molecule has 234 valence electrons. The van der Waals surface area contributed by atoms with Crippen molar-refractivity contribution in [1.29, 1.82) is 0 Å². The number of ether oxygens (including phenoxy) is 5. The molecule has 0 aliphatic carbocycles. The number of nitro groups is 1. The van der Waals surface area contributed by atoms with Gasteiger partial charge in [-0.2, -0.15) is 0 Å². The Balaban J connectivity index is 2.05. The van der Waals surface area contributed by atoms with Crippen molar-refractivity contribution in [2.75, 3.05) is 39.4 Å². The van der Waals surface area contributed by atoms with Crippen LogP contribution < -0.4 is 24.3 Å². The van der Waals surface area contributed by atoms with Gasteiger partial charge in [0, 0.05) is 23.3 Å². The van der Waals surface area contributed by atoms with Gasteiger partial charge in [-0.25, -0.2) is 9.18 Å². The van der Waals surface area contributed by atoms with Crippen LogP contribution in [-0.2, 0) is 4.74 Å². The number of methoxy groups -OCH3 is 2. The molecule has 11 nitrogen and oxygen atoms in total. The summed E-state index contributed by atoms with van der Waals surface area (Å²) in [5, 5.41) is 13.7. The van der Waals surface area contributed by atoms with E-state index in [1.807, 2.05) is 0 Å². The lowest BCUT2D eigenvalue weighted by atomic mass is 10.0. The molecule has 0 heterocycles. The van der Waals surface area contributed by atoms with Crippen molar-refractivity contribution in [1.82, 2.24) is 0 Å².